The zero-order valence-electron chi connectivity index (χ0n) is 18.4. The monoisotopic (exact) mass is 433 g/mol. The molecule has 0 N–H and O–H groups in total. The van der Waals surface area contributed by atoms with Crippen molar-refractivity contribution in [1.29, 1.82) is 0 Å². The zero-order valence-corrected chi connectivity index (χ0v) is 19.3. The molecule has 7 nitrogen and oxygen atoms in total. The SMILES string of the molecule is Cc1oc(-c2cccs2)nc1CC(=O)N1CCC(CN(C)C(=O)OC(C)(C)C)CC1. The molecule has 0 radical (unpaired) electrons. The molecule has 0 saturated carbocycles. The van der Waals surface area contributed by atoms with Crippen LogP contribution in [0, 0.1) is 12.8 Å². The maximum atomic E-state index is 12.8. The summed E-state index contributed by atoms with van der Waals surface area (Å²) in [6, 6.07) is 3.91. The summed E-state index contributed by atoms with van der Waals surface area (Å²) in [6.45, 7) is 9.48. The average Bonchev–Trinajstić information content (AvgIpc) is 3.31. The molecule has 2 aromatic rings. The van der Waals surface area contributed by atoms with Crippen molar-refractivity contribution in [2.45, 2.75) is 52.6 Å². The van der Waals surface area contributed by atoms with E-state index in [1.165, 1.54) is 0 Å². The number of hydrogen-bond acceptors (Lipinski definition) is 6. The van der Waals surface area contributed by atoms with E-state index in [2.05, 4.69) is 4.98 Å². The molecule has 0 spiro atoms. The topological polar surface area (TPSA) is 75.9 Å². The van der Waals surface area contributed by atoms with Crippen molar-refractivity contribution in [1.82, 2.24) is 14.8 Å². The zero-order chi connectivity index (χ0) is 21.9. The Bertz CT molecular complexity index is 862. The predicted molar refractivity (Wildman–Crippen MR) is 116 cm³/mol. The number of amides is 2. The van der Waals surface area contributed by atoms with Gasteiger partial charge in [-0.05, 0) is 57.9 Å². The van der Waals surface area contributed by atoms with Gasteiger partial charge in [-0.15, -0.1) is 11.3 Å². The van der Waals surface area contributed by atoms with Crippen LogP contribution in [0.1, 0.15) is 45.1 Å². The highest BCUT2D eigenvalue weighted by Crippen LogP contribution is 2.27. The van der Waals surface area contributed by atoms with Crippen LogP contribution in [0.15, 0.2) is 21.9 Å². The lowest BCUT2D eigenvalue weighted by Gasteiger charge is -2.34. The highest BCUT2D eigenvalue weighted by atomic mass is 32.1. The van der Waals surface area contributed by atoms with Gasteiger partial charge in [-0.25, -0.2) is 9.78 Å². The number of piperidine rings is 1. The predicted octanol–water partition coefficient (Wildman–Crippen LogP) is 4.36. The van der Waals surface area contributed by atoms with E-state index >= 15 is 0 Å². The standard InChI is InChI=1S/C22H31N3O4S/c1-15-17(23-20(28-15)18-7-6-12-30-18)13-19(26)25-10-8-16(9-11-25)14-24(5)21(27)29-22(2,3)4/h6-7,12,16H,8-11,13-14H2,1-5H3. The first-order valence-electron chi connectivity index (χ1n) is 10.3. The summed E-state index contributed by atoms with van der Waals surface area (Å²) in [4.78, 5) is 33.9. The molecule has 2 aromatic heterocycles. The summed E-state index contributed by atoms with van der Waals surface area (Å²) < 4.78 is 11.2. The summed E-state index contributed by atoms with van der Waals surface area (Å²) >= 11 is 1.57. The van der Waals surface area contributed by atoms with Crippen LogP contribution in [0.2, 0.25) is 0 Å². The van der Waals surface area contributed by atoms with Gasteiger partial charge in [-0.3, -0.25) is 4.79 Å². The fraction of sp³-hybridized carbons (Fsp3) is 0.591. The molecule has 30 heavy (non-hydrogen) atoms. The van der Waals surface area contributed by atoms with Crippen molar-refractivity contribution in [2.75, 3.05) is 26.7 Å². The Balaban J connectivity index is 1.48. The van der Waals surface area contributed by atoms with Crippen molar-refractivity contribution in [3.63, 3.8) is 0 Å². The van der Waals surface area contributed by atoms with E-state index < -0.39 is 5.60 Å². The number of nitrogens with zero attached hydrogens (tertiary/aromatic N) is 3. The third-order valence-corrected chi connectivity index (χ3v) is 6.01. The average molecular weight is 434 g/mol. The lowest BCUT2D eigenvalue weighted by Crippen LogP contribution is -2.43. The normalized spacial score (nSPS) is 15.3. The van der Waals surface area contributed by atoms with Crippen LogP contribution in [0.3, 0.4) is 0 Å². The molecule has 2 amide bonds. The fourth-order valence-corrected chi connectivity index (χ4v) is 4.17. The molecule has 0 aromatic carbocycles. The van der Waals surface area contributed by atoms with Gasteiger partial charge in [0.1, 0.15) is 11.4 Å². The minimum absolute atomic E-state index is 0.0723. The van der Waals surface area contributed by atoms with Crippen LogP contribution in [-0.4, -0.2) is 59.1 Å². The van der Waals surface area contributed by atoms with E-state index in [1.54, 1.807) is 23.3 Å². The molecule has 1 aliphatic rings. The Morgan fingerprint density at radius 2 is 2.03 bits per heavy atom. The second-order valence-corrected chi connectivity index (χ2v) is 9.81. The number of aryl methyl sites for hydroxylation is 1. The number of aromatic nitrogens is 1. The van der Waals surface area contributed by atoms with Gasteiger partial charge in [0.2, 0.25) is 11.8 Å². The van der Waals surface area contributed by atoms with Gasteiger partial charge in [0.15, 0.2) is 0 Å². The number of likely N-dealkylation sites (tertiary alicyclic amines) is 1. The number of carbonyl (C=O) groups excluding carboxylic acids is 2. The van der Waals surface area contributed by atoms with Gasteiger partial charge < -0.3 is 19.0 Å². The highest BCUT2D eigenvalue weighted by Gasteiger charge is 2.27. The van der Waals surface area contributed by atoms with Crippen LogP contribution in [0.5, 0.6) is 0 Å². The fourth-order valence-electron chi connectivity index (χ4n) is 3.52. The van der Waals surface area contributed by atoms with E-state index in [0.29, 0.717) is 42.9 Å². The number of rotatable bonds is 5. The second kappa shape index (κ2) is 9.20. The molecule has 8 heteroatoms. The Hall–Kier alpha value is -2.35. The number of thiophene rings is 1. The van der Waals surface area contributed by atoms with Crippen LogP contribution in [0.4, 0.5) is 4.79 Å². The van der Waals surface area contributed by atoms with Crippen LogP contribution < -0.4 is 0 Å². The number of oxazole rings is 1. The van der Waals surface area contributed by atoms with Crippen molar-refractivity contribution >= 4 is 23.3 Å². The summed E-state index contributed by atoms with van der Waals surface area (Å²) in [7, 11) is 1.77. The van der Waals surface area contributed by atoms with Gasteiger partial charge in [0.05, 0.1) is 17.0 Å². The molecule has 164 valence electrons. The Labute approximate surface area is 182 Å². The number of hydrogen-bond donors (Lipinski definition) is 0. The molecular weight excluding hydrogens is 402 g/mol. The summed E-state index contributed by atoms with van der Waals surface area (Å²) in [5.74, 6) is 1.71. The van der Waals surface area contributed by atoms with Crippen molar-refractivity contribution in [3.05, 3.63) is 29.0 Å². The van der Waals surface area contributed by atoms with Gasteiger partial charge in [-0.1, -0.05) is 6.07 Å². The van der Waals surface area contributed by atoms with E-state index in [9.17, 15) is 9.59 Å². The van der Waals surface area contributed by atoms with E-state index in [1.807, 2.05) is 50.1 Å². The first kappa shape index (κ1) is 22.3. The van der Waals surface area contributed by atoms with Crippen molar-refractivity contribution in [2.24, 2.45) is 5.92 Å². The molecule has 3 rings (SSSR count). The molecule has 1 saturated heterocycles. The largest absolute Gasteiger partial charge is 0.444 e. The van der Waals surface area contributed by atoms with Crippen LogP contribution >= 0.6 is 11.3 Å². The molecule has 3 heterocycles. The summed E-state index contributed by atoms with van der Waals surface area (Å²) in [6.07, 6.45) is 1.70. The van der Waals surface area contributed by atoms with Gasteiger partial charge in [-0.2, -0.15) is 0 Å². The van der Waals surface area contributed by atoms with Crippen LogP contribution in [0.25, 0.3) is 10.8 Å². The first-order chi connectivity index (χ1) is 14.1. The quantitative estimate of drug-likeness (QED) is 0.700. The van der Waals surface area contributed by atoms with E-state index in [4.69, 9.17) is 9.15 Å². The number of carbonyl (C=O) groups is 2. The van der Waals surface area contributed by atoms with Gasteiger partial charge in [0, 0.05) is 26.7 Å². The molecule has 0 bridgehead atoms. The third kappa shape index (κ3) is 5.84. The lowest BCUT2D eigenvalue weighted by atomic mass is 9.96. The van der Waals surface area contributed by atoms with E-state index in [0.717, 1.165) is 17.7 Å². The Kier molecular flexibility index (Phi) is 6.85. The molecule has 1 fully saturated rings. The molecule has 0 aliphatic carbocycles. The van der Waals surface area contributed by atoms with E-state index in [-0.39, 0.29) is 18.4 Å². The molecule has 1 aliphatic heterocycles. The first-order valence-corrected chi connectivity index (χ1v) is 11.2. The smallest absolute Gasteiger partial charge is 0.410 e. The second-order valence-electron chi connectivity index (χ2n) is 8.86. The minimum atomic E-state index is -0.496. The van der Waals surface area contributed by atoms with Gasteiger partial charge >= 0.3 is 6.09 Å². The Morgan fingerprint density at radius 3 is 2.63 bits per heavy atom. The van der Waals surface area contributed by atoms with Crippen molar-refractivity contribution in [3.8, 4) is 10.8 Å². The summed E-state index contributed by atoms with van der Waals surface area (Å²) in [5.41, 5.74) is 0.208. The Morgan fingerprint density at radius 1 is 1.33 bits per heavy atom. The molecular formula is C22H31N3O4S. The molecule has 0 unspecified atom stereocenters. The minimum Gasteiger partial charge on any atom is -0.444 e. The maximum absolute atomic E-state index is 12.8. The summed E-state index contributed by atoms with van der Waals surface area (Å²) in [5, 5.41) is 1.98. The van der Waals surface area contributed by atoms with Gasteiger partial charge in [0.25, 0.3) is 0 Å². The van der Waals surface area contributed by atoms with Crippen LogP contribution in [-0.2, 0) is 16.0 Å². The molecule has 0 atom stereocenters. The highest BCUT2D eigenvalue weighted by molar-refractivity contribution is 7.13. The lowest BCUT2D eigenvalue weighted by molar-refractivity contribution is -0.132. The number of ether oxygens (including phenoxy) is 1. The third-order valence-electron chi connectivity index (χ3n) is 5.15. The maximum Gasteiger partial charge on any atom is 0.410 e. The van der Waals surface area contributed by atoms with Crippen molar-refractivity contribution < 1.29 is 18.7 Å².